The maximum absolute atomic E-state index is 12.1. The van der Waals surface area contributed by atoms with Crippen molar-refractivity contribution in [1.82, 2.24) is 15.6 Å². The van der Waals surface area contributed by atoms with Crippen molar-refractivity contribution >= 4 is 11.8 Å². The van der Waals surface area contributed by atoms with Crippen LogP contribution in [-0.4, -0.2) is 28.9 Å². The summed E-state index contributed by atoms with van der Waals surface area (Å²) < 4.78 is 0. The number of pyridine rings is 1. The first-order valence-corrected chi connectivity index (χ1v) is 8.36. The smallest absolute Gasteiger partial charge is 0.253 e. The van der Waals surface area contributed by atoms with Gasteiger partial charge in [0, 0.05) is 35.6 Å². The molecule has 2 aromatic rings. The molecule has 1 aromatic heterocycles. The van der Waals surface area contributed by atoms with Crippen molar-refractivity contribution < 1.29 is 9.59 Å². The van der Waals surface area contributed by atoms with E-state index >= 15 is 0 Å². The first-order valence-electron chi connectivity index (χ1n) is 8.36. The number of amides is 2. The topological polar surface area (TPSA) is 71.1 Å². The van der Waals surface area contributed by atoms with Crippen molar-refractivity contribution in [2.24, 2.45) is 0 Å². The van der Waals surface area contributed by atoms with Gasteiger partial charge >= 0.3 is 0 Å². The SMILES string of the molecule is O=C(NC1CC1)c1ccc(-c2cncc(C(=O)NC3CC3)c2)cc1. The van der Waals surface area contributed by atoms with Gasteiger partial charge in [0.1, 0.15) is 0 Å². The molecule has 2 fully saturated rings. The number of rotatable bonds is 5. The van der Waals surface area contributed by atoms with Crippen LogP contribution in [0.15, 0.2) is 42.7 Å². The quantitative estimate of drug-likeness (QED) is 0.889. The number of hydrogen-bond acceptors (Lipinski definition) is 3. The Morgan fingerprint density at radius 3 is 1.96 bits per heavy atom. The van der Waals surface area contributed by atoms with Gasteiger partial charge in [-0.1, -0.05) is 12.1 Å². The fourth-order valence-electron chi connectivity index (χ4n) is 2.53. The van der Waals surface area contributed by atoms with Gasteiger partial charge in [-0.15, -0.1) is 0 Å². The van der Waals surface area contributed by atoms with Crippen molar-refractivity contribution in [3.05, 3.63) is 53.9 Å². The Hall–Kier alpha value is -2.69. The van der Waals surface area contributed by atoms with Crippen LogP contribution in [0.5, 0.6) is 0 Å². The normalized spacial score (nSPS) is 16.5. The molecule has 0 unspecified atom stereocenters. The van der Waals surface area contributed by atoms with Crippen LogP contribution in [0.2, 0.25) is 0 Å². The molecule has 122 valence electrons. The van der Waals surface area contributed by atoms with E-state index in [0.717, 1.165) is 36.8 Å². The number of aromatic nitrogens is 1. The minimum Gasteiger partial charge on any atom is -0.349 e. The molecule has 4 rings (SSSR count). The summed E-state index contributed by atoms with van der Waals surface area (Å²) in [4.78, 5) is 28.3. The molecule has 5 nitrogen and oxygen atoms in total. The van der Waals surface area contributed by atoms with E-state index in [-0.39, 0.29) is 11.8 Å². The Labute approximate surface area is 140 Å². The molecule has 0 radical (unpaired) electrons. The molecule has 0 aliphatic heterocycles. The summed E-state index contributed by atoms with van der Waals surface area (Å²) in [5.74, 6) is -0.105. The lowest BCUT2D eigenvalue weighted by molar-refractivity contribution is 0.0942. The van der Waals surface area contributed by atoms with E-state index < -0.39 is 0 Å². The molecular weight excluding hydrogens is 302 g/mol. The minimum absolute atomic E-state index is 0.0280. The largest absolute Gasteiger partial charge is 0.349 e. The third-order valence-corrected chi connectivity index (χ3v) is 4.31. The summed E-state index contributed by atoms with van der Waals surface area (Å²) in [6, 6.07) is 9.91. The lowest BCUT2D eigenvalue weighted by atomic mass is 10.0. The highest BCUT2D eigenvalue weighted by atomic mass is 16.2. The fraction of sp³-hybridized carbons (Fsp3) is 0.316. The molecule has 5 heteroatoms. The van der Waals surface area contributed by atoms with Gasteiger partial charge in [-0.05, 0) is 49.4 Å². The van der Waals surface area contributed by atoms with Crippen molar-refractivity contribution in [3.63, 3.8) is 0 Å². The number of carbonyl (C=O) groups is 2. The fourth-order valence-corrected chi connectivity index (χ4v) is 2.53. The van der Waals surface area contributed by atoms with E-state index in [0.29, 0.717) is 23.2 Å². The van der Waals surface area contributed by atoms with Crippen LogP contribution in [0.25, 0.3) is 11.1 Å². The van der Waals surface area contributed by atoms with E-state index in [2.05, 4.69) is 15.6 Å². The molecule has 0 atom stereocenters. The van der Waals surface area contributed by atoms with Crippen molar-refractivity contribution in [2.45, 2.75) is 37.8 Å². The van der Waals surface area contributed by atoms with E-state index in [1.807, 2.05) is 30.3 Å². The van der Waals surface area contributed by atoms with Crippen LogP contribution in [0, 0.1) is 0 Å². The van der Waals surface area contributed by atoms with Crippen molar-refractivity contribution in [1.29, 1.82) is 0 Å². The van der Waals surface area contributed by atoms with Gasteiger partial charge in [0.25, 0.3) is 11.8 Å². The predicted molar refractivity (Wildman–Crippen MR) is 90.6 cm³/mol. The Kier molecular flexibility index (Phi) is 3.76. The van der Waals surface area contributed by atoms with Crippen LogP contribution in [-0.2, 0) is 0 Å². The second kappa shape index (κ2) is 6.07. The van der Waals surface area contributed by atoms with Gasteiger partial charge in [0.15, 0.2) is 0 Å². The van der Waals surface area contributed by atoms with E-state index in [1.165, 1.54) is 0 Å². The first kappa shape index (κ1) is 14.9. The number of carbonyl (C=O) groups excluding carboxylic acids is 2. The molecule has 0 saturated heterocycles. The maximum atomic E-state index is 12.1. The first-order chi connectivity index (χ1) is 11.7. The van der Waals surface area contributed by atoms with Gasteiger partial charge in [-0.2, -0.15) is 0 Å². The summed E-state index contributed by atoms with van der Waals surface area (Å²) in [7, 11) is 0. The summed E-state index contributed by atoms with van der Waals surface area (Å²) in [6.07, 6.45) is 7.58. The molecule has 1 aromatic carbocycles. The summed E-state index contributed by atoms with van der Waals surface area (Å²) in [5, 5.41) is 5.94. The Morgan fingerprint density at radius 1 is 0.792 bits per heavy atom. The van der Waals surface area contributed by atoms with Gasteiger partial charge < -0.3 is 10.6 Å². The van der Waals surface area contributed by atoms with Gasteiger partial charge in [0.05, 0.1) is 5.56 Å². The van der Waals surface area contributed by atoms with Crippen molar-refractivity contribution in [3.8, 4) is 11.1 Å². The monoisotopic (exact) mass is 321 g/mol. The molecule has 2 aliphatic rings. The zero-order valence-electron chi connectivity index (χ0n) is 13.3. The zero-order valence-corrected chi connectivity index (χ0v) is 13.3. The van der Waals surface area contributed by atoms with Gasteiger partial charge in [-0.25, -0.2) is 0 Å². The Bertz CT molecular complexity index is 777. The number of nitrogens with zero attached hydrogens (tertiary/aromatic N) is 1. The summed E-state index contributed by atoms with van der Waals surface area (Å²) >= 11 is 0. The summed E-state index contributed by atoms with van der Waals surface area (Å²) in [5.41, 5.74) is 3.02. The molecule has 2 aliphatic carbocycles. The lowest BCUT2D eigenvalue weighted by Crippen LogP contribution is -2.25. The number of nitrogens with one attached hydrogen (secondary N) is 2. The average molecular weight is 321 g/mol. The highest BCUT2D eigenvalue weighted by Crippen LogP contribution is 2.23. The number of hydrogen-bond donors (Lipinski definition) is 2. The highest BCUT2D eigenvalue weighted by molar-refractivity contribution is 5.96. The molecule has 0 spiro atoms. The molecule has 0 bridgehead atoms. The molecule has 24 heavy (non-hydrogen) atoms. The summed E-state index contributed by atoms with van der Waals surface area (Å²) in [6.45, 7) is 0. The van der Waals surface area contributed by atoms with Gasteiger partial charge in [0.2, 0.25) is 0 Å². The van der Waals surface area contributed by atoms with Crippen LogP contribution in [0.1, 0.15) is 46.4 Å². The van der Waals surface area contributed by atoms with Crippen LogP contribution >= 0.6 is 0 Å². The molecule has 2 amide bonds. The highest BCUT2D eigenvalue weighted by Gasteiger charge is 2.24. The van der Waals surface area contributed by atoms with E-state index in [9.17, 15) is 9.59 Å². The molecule has 1 heterocycles. The van der Waals surface area contributed by atoms with Crippen LogP contribution in [0.4, 0.5) is 0 Å². The molecule has 2 saturated carbocycles. The molecule has 2 N–H and O–H groups in total. The van der Waals surface area contributed by atoms with Crippen LogP contribution in [0.3, 0.4) is 0 Å². The zero-order chi connectivity index (χ0) is 16.5. The average Bonchev–Trinajstić information content (AvgIpc) is 3.52. The van der Waals surface area contributed by atoms with Crippen LogP contribution < -0.4 is 10.6 Å². The minimum atomic E-state index is -0.0766. The second-order valence-corrected chi connectivity index (χ2v) is 6.54. The predicted octanol–water partition coefficient (Wildman–Crippen LogP) is 2.53. The second-order valence-electron chi connectivity index (χ2n) is 6.54. The molecular formula is C19H19N3O2. The number of benzene rings is 1. The van der Waals surface area contributed by atoms with E-state index in [1.54, 1.807) is 12.4 Å². The van der Waals surface area contributed by atoms with Gasteiger partial charge in [-0.3, -0.25) is 14.6 Å². The standard InChI is InChI=1S/C19H19N3O2/c23-18(21-16-5-6-16)13-3-1-12(2-4-13)14-9-15(11-20-10-14)19(24)22-17-7-8-17/h1-4,9-11,16-17H,5-8H2,(H,21,23)(H,22,24). The third-order valence-electron chi connectivity index (χ3n) is 4.31. The third kappa shape index (κ3) is 3.45. The maximum Gasteiger partial charge on any atom is 0.253 e. The Morgan fingerprint density at radius 2 is 1.38 bits per heavy atom. The van der Waals surface area contributed by atoms with Crippen molar-refractivity contribution in [2.75, 3.05) is 0 Å². The Balaban J connectivity index is 1.50. The lowest BCUT2D eigenvalue weighted by Gasteiger charge is -2.07. The van der Waals surface area contributed by atoms with E-state index in [4.69, 9.17) is 0 Å².